The molecule has 5 rings (SSSR count). The molecule has 0 aromatic carbocycles. The molecule has 1 aliphatic carbocycles. The second kappa shape index (κ2) is 6.99. The second-order valence-electron chi connectivity index (χ2n) is 7.30. The lowest BCUT2D eigenvalue weighted by Gasteiger charge is -2.32. The van der Waals surface area contributed by atoms with E-state index in [0.717, 1.165) is 23.4 Å². The van der Waals surface area contributed by atoms with E-state index < -0.39 is 6.10 Å². The molecule has 1 aliphatic rings. The number of anilines is 2. The van der Waals surface area contributed by atoms with Crippen molar-refractivity contribution in [2.24, 2.45) is 0 Å². The van der Waals surface area contributed by atoms with Crippen molar-refractivity contribution in [1.82, 2.24) is 29.3 Å². The molecule has 10 nitrogen and oxygen atoms in total. The van der Waals surface area contributed by atoms with E-state index in [4.69, 9.17) is 4.98 Å². The smallest absolute Gasteiger partial charge is 0.257 e. The van der Waals surface area contributed by atoms with Gasteiger partial charge in [-0.25, -0.2) is 9.97 Å². The minimum Gasteiger partial charge on any atom is -0.391 e. The molecule has 1 unspecified atom stereocenters. The Kier molecular flexibility index (Phi) is 4.28. The van der Waals surface area contributed by atoms with Crippen molar-refractivity contribution in [3.05, 3.63) is 42.4 Å². The summed E-state index contributed by atoms with van der Waals surface area (Å²) in [6, 6.07) is 5.56. The Morgan fingerprint density at radius 1 is 1.20 bits per heavy atom. The SMILES string of the molecule is CNc1ccc(-c2cc(NC)n3ncc(C(=O)NC4CC[C@H]4O)c3n2)n2ccnc12. The van der Waals surface area contributed by atoms with Crippen LogP contribution in [0.1, 0.15) is 23.2 Å². The molecule has 0 radical (unpaired) electrons. The van der Waals surface area contributed by atoms with E-state index in [9.17, 15) is 9.90 Å². The fourth-order valence-electron chi connectivity index (χ4n) is 3.75. The first-order valence-electron chi connectivity index (χ1n) is 9.80. The van der Waals surface area contributed by atoms with Crippen LogP contribution in [0.5, 0.6) is 0 Å². The zero-order valence-electron chi connectivity index (χ0n) is 16.6. The summed E-state index contributed by atoms with van der Waals surface area (Å²) in [6.07, 6.45) is 6.09. The molecule has 0 bridgehead atoms. The number of carbonyl (C=O) groups excluding carboxylic acids is 1. The van der Waals surface area contributed by atoms with Gasteiger partial charge in [0.15, 0.2) is 11.3 Å². The van der Waals surface area contributed by atoms with Crippen LogP contribution in [-0.4, -0.2) is 61.2 Å². The lowest BCUT2D eigenvalue weighted by atomic mass is 9.89. The first-order chi connectivity index (χ1) is 14.6. The highest BCUT2D eigenvalue weighted by molar-refractivity contribution is 6.00. The molecule has 4 aromatic rings. The first kappa shape index (κ1) is 18.4. The van der Waals surface area contributed by atoms with E-state index in [1.807, 2.05) is 35.8 Å². The Bertz CT molecular complexity index is 1260. The Balaban J connectivity index is 1.63. The van der Waals surface area contributed by atoms with Crippen LogP contribution in [0.15, 0.2) is 36.8 Å². The van der Waals surface area contributed by atoms with E-state index in [0.29, 0.717) is 29.1 Å². The van der Waals surface area contributed by atoms with E-state index >= 15 is 0 Å². The molecule has 10 heteroatoms. The standard InChI is InChI=1S/C20H22N8O2/c1-21-13-3-5-15(27-8-7-23-19(13)27)14-9-17(22-2)28-18(25-14)11(10-24-28)20(30)26-12-4-6-16(12)29/h3,5,7-10,12,16,21-22,29H,4,6H2,1-2H3,(H,26,30)/t12?,16-/m1/s1. The number of hydrogen-bond donors (Lipinski definition) is 4. The summed E-state index contributed by atoms with van der Waals surface area (Å²) in [6.45, 7) is 0. The largest absolute Gasteiger partial charge is 0.391 e. The fourth-order valence-corrected chi connectivity index (χ4v) is 3.75. The molecule has 1 amide bonds. The number of pyridine rings is 1. The molecular weight excluding hydrogens is 384 g/mol. The summed E-state index contributed by atoms with van der Waals surface area (Å²) in [4.78, 5) is 22.0. The fraction of sp³-hybridized carbons (Fsp3) is 0.300. The average Bonchev–Trinajstić information content (AvgIpc) is 3.42. The summed E-state index contributed by atoms with van der Waals surface area (Å²) in [5.74, 6) is 0.405. The molecule has 0 saturated heterocycles. The van der Waals surface area contributed by atoms with Crippen molar-refractivity contribution in [2.45, 2.75) is 25.0 Å². The Labute approximate surface area is 172 Å². The number of carbonyl (C=O) groups is 1. The predicted molar refractivity (Wildman–Crippen MR) is 113 cm³/mol. The van der Waals surface area contributed by atoms with E-state index in [1.54, 1.807) is 17.8 Å². The highest BCUT2D eigenvalue weighted by Gasteiger charge is 2.31. The zero-order valence-corrected chi connectivity index (χ0v) is 16.6. The topological polar surface area (TPSA) is 121 Å². The summed E-state index contributed by atoms with van der Waals surface area (Å²) in [7, 11) is 3.64. The van der Waals surface area contributed by atoms with Crippen LogP contribution in [0.4, 0.5) is 11.5 Å². The van der Waals surface area contributed by atoms with E-state index in [1.165, 1.54) is 6.20 Å². The van der Waals surface area contributed by atoms with Crippen LogP contribution < -0.4 is 16.0 Å². The summed E-state index contributed by atoms with van der Waals surface area (Å²) in [5, 5.41) is 23.3. The highest BCUT2D eigenvalue weighted by Crippen LogP contribution is 2.27. The van der Waals surface area contributed by atoms with Crippen molar-refractivity contribution in [3.63, 3.8) is 0 Å². The number of aromatic nitrogens is 5. The first-order valence-corrected chi connectivity index (χ1v) is 9.80. The van der Waals surface area contributed by atoms with Crippen LogP contribution in [0, 0.1) is 0 Å². The third kappa shape index (κ3) is 2.76. The quantitative estimate of drug-likeness (QED) is 0.395. The minimum absolute atomic E-state index is 0.223. The van der Waals surface area contributed by atoms with Gasteiger partial charge in [0, 0.05) is 32.6 Å². The van der Waals surface area contributed by atoms with Gasteiger partial charge in [-0.15, -0.1) is 0 Å². The number of aliphatic hydroxyl groups excluding tert-OH is 1. The van der Waals surface area contributed by atoms with Gasteiger partial charge in [0.25, 0.3) is 5.91 Å². The van der Waals surface area contributed by atoms with Crippen molar-refractivity contribution in [2.75, 3.05) is 24.7 Å². The van der Waals surface area contributed by atoms with Crippen LogP contribution in [-0.2, 0) is 0 Å². The van der Waals surface area contributed by atoms with E-state index in [-0.39, 0.29) is 11.9 Å². The van der Waals surface area contributed by atoms with Gasteiger partial charge < -0.3 is 21.1 Å². The maximum Gasteiger partial charge on any atom is 0.257 e. The molecule has 30 heavy (non-hydrogen) atoms. The van der Waals surface area contributed by atoms with Gasteiger partial charge in [0.05, 0.1) is 35.4 Å². The Hall–Kier alpha value is -3.66. The van der Waals surface area contributed by atoms with Crippen LogP contribution in [0.3, 0.4) is 0 Å². The van der Waals surface area contributed by atoms with Crippen LogP contribution >= 0.6 is 0 Å². The van der Waals surface area contributed by atoms with Gasteiger partial charge in [-0.3, -0.25) is 9.20 Å². The molecule has 4 N–H and O–H groups in total. The molecular formula is C20H22N8O2. The van der Waals surface area contributed by atoms with Gasteiger partial charge in [-0.05, 0) is 25.0 Å². The van der Waals surface area contributed by atoms with Crippen LogP contribution in [0.2, 0.25) is 0 Å². The highest BCUT2D eigenvalue weighted by atomic mass is 16.3. The van der Waals surface area contributed by atoms with Crippen molar-refractivity contribution >= 4 is 28.7 Å². The zero-order chi connectivity index (χ0) is 20.8. The van der Waals surface area contributed by atoms with Gasteiger partial charge >= 0.3 is 0 Å². The molecule has 154 valence electrons. The third-order valence-corrected chi connectivity index (χ3v) is 5.61. The van der Waals surface area contributed by atoms with Crippen LogP contribution in [0.25, 0.3) is 22.7 Å². The maximum atomic E-state index is 12.8. The van der Waals surface area contributed by atoms with Crippen molar-refractivity contribution in [1.29, 1.82) is 0 Å². The summed E-state index contributed by atoms with van der Waals surface area (Å²) < 4.78 is 3.55. The number of amides is 1. The monoisotopic (exact) mass is 406 g/mol. The molecule has 4 aromatic heterocycles. The lowest BCUT2D eigenvalue weighted by Crippen LogP contribution is -2.50. The predicted octanol–water partition coefficient (Wildman–Crippen LogP) is 1.38. The maximum absolute atomic E-state index is 12.8. The number of rotatable bonds is 5. The minimum atomic E-state index is -0.493. The molecule has 1 fully saturated rings. The van der Waals surface area contributed by atoms with Gasteiger partial charge in [0.2, 0.25) is 0 Å². The van der Waals surface area contributed by atoms with Gasteiger partial charge in [0.1, 0.15) is 11.4 Å². The Morgan fingerprint density at radius 2 is 2.07 bits per heavy atom. The summed E-state index contributed by atoms with van der Waals surface area (Å²) >= 11 is 0. The van der Waals surface area contributed by atoms with E-state index in [2.05, 4.69) is 26.0 Å². The van der Waals surface area contributed by atoms with Crippen molar-refractivity contribution in [3.8, 4) is 11.4 Å². The van der Waals surface area contributed by atoms with Crippen molar-refractivity contribution < 1.29 is 9.90 Å². The molecule has 1 saturated carbocycles. The number of aliphatic hydroxyl groups is 1. The molecule has 0 aliphatic heterocycles. The molecule has 4 heterocycles. The average molecular weight is 406 g/mol. The second-order valence-corrected chi connectivity index (χ2v) is 7.30. The number of nitrogens with zero attached hydrogens (tertiary/aromatic N) is 5. The normalized spacial score (nSPS) is 18.4. The number of imidazole rings is 1. The van der Waals surface area contributed by atoms with Gasteiger partial charge in [-0.2, -0.15) is 9.61 Å². The Morgan fingerprint density at radius 3 is 2.77 bits per heavy atom. The third-order valence-electron chi connectivity index (χ3n) is 5.61. The number of fused-ring (bicyclic) bond motifs is 2. The molecule has 2 atom stereocenters. The summed E-state index contributed by atoms with van der Waals surface area (Å²) in [5.41, 5.74) is 4.00. The lowest BCUT2D eigenvalue weighted by molar-refractivity contribution is 0.0448. The number of hydrogen-bond acceptors (Lipinski definition) is 7. The molecule has 0 spiro atoms. The van der Waals surface area contributed by atoms with Gasteiger partial charge in [-0.1, -0.05) is 0 Å². The number of nitrogens with one attached hydrogen (secondary N) is 3.